The van der Waals surface area contributed by atoms with Crippen LogP contribution in [0.2, 0.25) is 0 Å². The highest BCUT2D eigenvalue weighted by atomic mass is 31.2. The molecule has 1 unspecified atom stereocenters. The Hall–Kier alpha value is -2.66. The number of likely N-dealkylation sites (N-methyl/N-ethyl adjacent to an activating group) is 1. The highest BCUT2D eigenvalue weighted by Crippen LogP contribution is 2.38. The monoisotopic (exact) mass is 805 g/mol. The lowest BCUT2D eigenvalue weighted by Crippen LogP contribution is -2.45. The summed E-state index contributed by atoms with van der Waals surface area (Å²) < 4.78 is 23.0. The summed E-state index contributed by atoms with van der Waals surface area (Å²) >= 11 is 0. The summed E-state index contributed by atoms with van der Waals surface area (Å²) in [7, 11) is 1.10. The highest BCUT2D eigenvalue weighted by Gasteiger charge is 2.23. The lowest BCUT2D eigenvalue weighted by atomic mass is 10.1. The fourth-order valence-corrected chi connectivity index (χ4v) is 5.79. The smallest absolute Gasteiger partial charge is 0.268 e. The molecule has 0 fully saturated rings. The number of quaternary nitrogens is 1. The van der Waals surface area contributed by atoms with E-state index in [9.17, 15) is 29.6 Å². The van der Waals surface area contributed by atoms with Crippen molar-refractivity contribution in [2.45, 2.75) is 141 Å². The third kappa shape index (κ3) is 36.9. The van der Waals surface area contributed by atoms with Gasteiger partial charge < -0.3 is 39.1 Å². The molecule has 0 heterocycles. The third-order valence-corrected chi connectivity index (χ3v) is 9.39. The molecule has 0 aromatic heterocycles. The number of unbranched alkanes of at least 4 members (excludes halogenated alkanes) is 9. The molecule has 320 valence electrons. The third-order valence-electron chi connectivity index (χ3n) is 8.43. The van der Waals surface area contributed by atoms with Crippen LogP contribution in [0.3, 0.4) is 0 Å². The van der Waals surface area contributed by atoms with Gasteiger partial charge in [0.25, 0.3) is 7.82 Å². The number of aliphatic hydroxyl groups excluding tert-OH is 3. The molecule has 0 aromatic rings. The Morgan fingerprint density at radius 2 is 1.32 bits per heavy atom. The van der Waals surface area contributed by atoms with E-state index in [0.717, 1.165) is 38.5 Å². The molecule has 1 amide bonds. The quantitative estimate of drug-likeness (QED) is 0.0164. The molecular formula is C45H77N2O8P. The van der Waals surface area contributed by atoms with E-state index in [1.165, 1.54) is 32.1 Å². The minimum atomic E-state index is -4.65. The Labute approximate surface area is 340 Å². The van der Waals surface area contributed by atoms with Crippen molar-refractivity contribution in [1.82, 2.24) is 5.32 Å². The molecule has 4 N–H and O–H groups in total. The van der Waals surface area contributed by atoms with Crippen molar-refractivity contribution in [1.29, 1.82) is 0 Å². The zero-order valence-electron chi connectivity index (χ0n) is 35.3. The number of amides is 1. The summed E-state index contributed by atoms with van der Waals surface area (Å²) in [5.74, 6) is -0.345. The minimum absolute atomic E-state index is 0.0466. The second kappa shape index (κ2) is 35.5. The van der Waals surface area contributed by atoms with Gasteiger partial charge in [-0.25, -0.2) is 0 Å². The predicted octanol–water partition coefficient (Wildman–Crippen LogP) is 8.49. The van der Waals surface area contributed by atoms with E-state index in [1.54, 1.807) is 36.5 Å². The first-order valence-electron chi connectivity index (χ1n) is 20.8. The van der Waals surface area contributed by atoms with Crippen LogP contribution in [-0.2, 0) is 18.4 Å². The van der Waals surface area contributed by atoms with Gasteiger partial charge in [-0.3, -0.25) is 9.36 Å². The second-order valence-corrected chi connectivity index (χ2v) is 16.4. The van der Waals surface area contributed by atoms with Crippen molar-refractivity contribution in [2.24, 2.45) is 0 Å². The Morgan fingerprint density at radius 1 is 0.714 bits per heavy atom. The van der Waals surface area contributed by atoms with Gasteiger partial charge in [0.05, 0.1) is 52.1 Å². The fraction of sp³-hybridized carbons (Fsp3) is 0.622. The van der Waals surface area contributed by atoms with Crippen molar-refractivity contribution in [3.8, 4) is 0 Å². The first kappa shape index (κ1) is 53.3. The Bertz CT molecular complexity index is 1260. The van der Waals surface area contributed by atoms with Gasteiger partial charge >= 0.3 is 0 Å². The van der Waals surface area contributed by atoms with Crippen LogP contribution in [0.25, 0.3) is 0 Å². The van der Waals surface area contributed by atoms with Gasteiger partial charge in [0.2, 0.25) is 5.91 Å². The first-order valence-corrected chi connectivity index (χ1v) is 22.3. The van der Waals surface area contributed by atoms with Crippen LogP contribution in [0.4, 0.5) is 0 Å². The second-order valence-electron chi connectivity index (χ2n) is 15.0. The molecule has 0 saturated carbocycles. The Morgan fingerprint density at radius 3 is 1.98 bits per heavy atom. The van der Waals surface area contributed by atoms with Crippen LogP contribution >= 0.6 is 7.82 Å². The van der Waals surface area contributed by atoms with E-state index in [1.807, 2.05) is 69.8 Å². The molecule has 0 rings (SSSR count). The number of phosphoric acid groups is 1. The van der Waals surface area contributed by atoms with E-state index in [-0.39, 0.29) is 18.9 Å². The number of phosphoric ester groups is 1. The molecule has 0 saturated heterocycles. The van der Waals surface area contributed by atoms with Crippen LogP contribution in [0.1, 0.15) is 117 Å². The van der Waals surface area contributed by atoms with E-state index >= 15 is 0 Å². The SMILES string of the molecule is CC/C=C\C[C@H](O)/C=C/C=C\C/C=C\C=C\[C@H](O)/C=C\CCCC(=O)N[C@@H](COP(=O)([O-])OCC[N+](C)(C)C)[C@H](O)/C=C/CCCCCCCC/C=C\CCC. The first-order chi connectivity index (χ1) is 26.8. The molecule has 56 heavy (non-hydrogen) atoms. The fourth-order valence-electron chi connectivity index (χ4n) is 5.07. The standard InChI is InChI=1S/C45H77N2O8P/c1-6-8-10-11-12-13-14-15-16-17-21-24-30-36-44(50)43(40-55-56(52,53)54-39-38-47(3,4)5)46-45(51)37-31-25-29-35-42(49)34-28-23-20-18-19-22-27-33-41(48)32-26-9-7-2/h9-11,19-20,22-23,26-30,33-36,41-44,48-50H,6-8,12-18,21,24-25,31-32,37-40H2,1-5H3,(H-,46,51,52,53)/b11-10-,22-19-,23-20-,26-9-,33-27+,34-28+,35-29-,36-30+/t41-,42-,43-,44+/m0/s1. The lowest BCUT2D eigenvalue weighted by Gasteiger charge is -2.29. The molecule has 0 aliphatic rings. The van der Waals surface area contributed by atoms with Crippen molar-refractivity contribution < 1.29 is 43.1 Å². The molecule has 0 aliphatic carbocycles. The van der Waals surface area contributed by atoms with Crippen LogP contribution in [-0.4, -0.2) is 91.0 Å². The topological polar surface area (TPSA) is 148 Å². The predicted molar refractivity (Wildman–Crippen MR) is 231 cm³/mol. The number of carbonyl (C=O) groups is 1. The summed E-state index contributed by atoms with van der Waals surface area (Å²) in [4.78, 5) is 25.2. The van der Waals surface area contributed by atoms with E-state index in [2.05, 4.69) is 31.3 Å². The van der Waals surface area contributed by atoms with Crippen LogP contribution in [0.5, 0.6) is 0 Å². The van der Waals surface area contributed by atoms with Gasteiger partial charge in [0.15, 0.2) is 0 Å². The van der Waals surface area contributed by atoms with Crippen LogP contribution in [0.15, 0.2) is 97.2 Å². The number of rotatable bonds is 35. The van der Waals surface area contributed by atoms with Gasteiger partial charge in [0, 0.05) is 6.42 Å². The number of carbonyl (C=O) groups excluding carboxylic acids is 1. The molecule has 0 aliphatic heterocycles. The molecule has 11 heteroatoms. The summed E-state index contributed by atoms with van der Waals surface area (Å²) in [6.45, 7) is 4.19. The number of allylic oxidation sites excluding steroid dienone is 11. The van der Waals surface area contributed by atoms with E-state index in [4.69, 9.17) is 9.05 Å². The highest BCUT2D eigenvalue weighted by molar-refractivity contribution is 7.45. The van der Waals surface area contributed by atoms with Crippen LogP contribution in [0, 0.1) is 0 Å². The summed E-state index contributed by atoms with van der Waals surface area (Å²) in [6.07, 6.45) is 42.4. The minimum Gasteiger partial charge on any atom is -0.756 e. The largest absolute Gasteiger partial charge is 0.756 e. The molecule has 10 nitrogen and oxygen atoms in total. The number of nitrogens with one attached hydrogen (secondary N) is 1. The number of nitrogens with zero attached hydrogens (tertiary/aromatic N) is 1. The molecule has 5 atom stereocenters. The summed E-state index contributed by atoms with van der Waals surface area (Å²) in [6, 6.07) is -0.984. The van der Waals surface area contributed by atoms with E-state index in [0.29, 0.717) is 36.7 Å². The maximum Gasteiger partial charge on any atom is 0.268 e. The Balaban J connectivity index is 4.78. The summed E-state index contributed by atoms with van der Waals surface area (Å²) in [5, 5.41) is 33.7. The zero-order valence-corrected chi connectivity index (χ0v) is 36.2. The van der Waals surface area contributed by atoms with Gasteiger partial charge in [0.1, 0.15) is 13.2 Å². The molecule has 0 spiro atoms. The number of hydrogen-bond donors (Lipinski definition) is 4. The molecule has 0 aromatic carbocycles. The van der Waals surface area contributed by atoms with Gasteiger partial charge in [-0.15, -0.1) is 0 Å². The van der Waals surface area contributed by atoms with Crippen LogP contribution < -0.4 is 10.2 Å². The maximum absolute atomic E-state index is 12.8. The van der Waals surface area contributed by atoms with Gasteiger partial charge in [-0.2, -0.15) is 0 Å². The average Bonchev–Trinajstić information content (AvgIpc) is 3.13. The van der Waals surface area contributed by atoms with Crippen molar-refractivity contribution in [3.63, 3.8) is 0 Å². The Kier molecular flexibility index (Phi) is 33.8. The lowest BCUT2D eigenvalue weighted by molar-refractivity contribution is -0.870. The van der Waals surface area contributed by atoms with Crippen molar-refractivity contribution in [3.05, 3.63) is 97.2 Å². The van der Waals surface area contributed by atoms with Gasteiger partial charge in [-0.05, 0) is 64.2 Å². The van der Waals surface area contributed by atoms with E-state index < -0.39 is 38.8 Å². The number of hydrogen-bond acceptors (Lipinski definition) is 8. The zero-order chi connectivity index (χ0) is 41.8. The van der Waals surface area contributed by atoms with Crippen molar-refractivity contribution >= 4 is 13.7 Å². The normalized spacial score (nSPS) is 16.5. The molecular weight excluding hydrogens is 727 g/mol. The molecule has 0 bridgehead atoms. The summed E-state index contributed by atoms with van der Waals surface area (Å²) in [5.41, 5.74) is 0. The van der Waals surface area contributed by atoms with Gasteiger partial charge in [-0.1, -0.05) is 143 Å². The number of aliphatic hydroxyl groups is 3. The average molecular weight is 805 g/mol. The van der Waals surface area contributed by atoms with Crippen molar-refractivity contribution in [2.75, 3.05) is 40.9 Å². The maximum atomic E-state index is 12.8. The molecule has 0 radical (unpaired) electrons.